The van der Waals surface area contributed by atoms with Crippen LogP contribution in [-0.4, -0.2) is 24.3 Å². The number of aldehydes is 1. The van der Waals surface area contributed by atoms with E-state index >= 15 is 0 Å². The Kier molecular flexibility index (Phi) is 6.83. The third-order valence-corrected chi connectivity index (χ3v) is 6.47. The van der Waals surface area contributed by atoms with E-state index in [1.807, 2.05) is 0 Å². The number of carbonyl (C=O) groups excluding carboxylic acids is 1. The molecule has 1 aromatic carbocycles. The van der Waals surface area contributed by atoms with Crippen molar-refractivity contribution in [2.45, 2.75) is 56.9 Å². The van der Waals surface area contributed by atoms with Gasteiger partial charge in [0.2, 0.25) is 0 Å². The van der Waals surface area contributed by atoms with Crippen LogP contribution < -0.4 is 0 Å². The van der Waals surface area contributed by atoms with Crippen LogP contribution in [0.15, 0.2) is 47.8 Å². The summed E-state index contributed by atoms with van der Waals surface area (Å²) in [6.07, 6.45) is 10.6. The van der Waals surface area contributed by atoms with Crippen LogP contribution in [0.2, 0.25) is 0 Å². The smallest absolute Gasteiger partial charge is 0.145 e. The Balaban J connectivity index is 1.59. The van der Waals surface area contributed by atoms with Crippen LogP contribution in [0, 0.1) is 0 Å². The lowest BCUT2D eigenvalue weighted by atomic mass is 9.87. The summed E-state index contributed by atoms with van der Waals surface area (Å²) in [4.78, 5) is 16.0. The van der Waals surface area contributed by atoms with Crippen LogP contribution in [-0.2, 0) is 16.8 Å². The van der Waals surface area contributed by atoms with Gasteiger partial charge in [-0.2, -0.15) is 0 Å². The van der Waals surface area contributed by atoms with E-state index in [-0.39, 0.29) is 5.54 Å². The molecule has 0 N–H and O–H groups in total. The molecule has 1 unspecified atom stereocenters. The van der Waals surface area contributed by atoms with Gasteiger partial charge in [-0.05, 0) is 62.2 Å². The van der Waals surface area contributed by atoms with Crippen molar-refractivity contribution in [1.82, 2.24) is 4.90 Å². The predicted octanol–water partition coefficient (Wildman–Crippen LogP) is 5.43. The number of carbonyl (C=O) groups is 1. The van der Waals surface area contributed by atoms with Gasteiger partial charge in [-0.15, -0.1) is 11.3 Å². The van der Waals surface area contributed by atoms with Crippen LogP contribution in [0.25, 0.3) is 0 Å². The first-order valence-electron chi connectivity index (χ1n) is 9.64. The number of hydrogen-bond donors (Lipinski definition) is 0. The third kappa shape index (κ3) is 4.59. The van der Waals surface area contributed by atoms with Gasteiger partial charge in [0, 0.05) is 4.88 Å². The van der Waals surface area contributed by atoms with E-state index in [9.17, 15) is 4.79 Å². The molecular weight excluding hydrogens is 326 g/mol. The number of nitrogens with zero attached hydrogens (tertiary/aromatic N) is 1. The molecule has 2 aromatic rings. The average Bonchev–Trinajstić information content (AvgIpc) is 3.22. The summed E-state index contributed by atoms with van der Waals surface area (Å²) in [5, 5.41) is 2.10. The van der Waals surface area contributed by atoms with Crippen LogP contribution in [0.3, 0.4) is 0 Å². The molecule has 2 heterocycles. The number of likely N-dealkylation sites (tertiary alicyclic amines) is 1. The molecule has 0 spiro atoms. The van der Waals surface area contributed by atoms with Crippen LogP contribution in [0.5, 0.6) is 0 Å². The molecule has 1 saturated heterocycles. The molecule has 1 fully saturated rings. The molecule has 3 rings (SSSR count). The minimum absolute atomic E-state index is 0.388. The van der Waals surface area contributed by atoms with Crippen molar-refractivity contribution in [2.24, 2.45) is 0 Å². The maximum atomic E-state index is 12.3. The Bertz CT molecular complexity index is 619. The number of aryl methyl sites for hydroxylation is 1. The van der Waals surface area contributed by atoms with E-state index in [0.29, 0.717) is 0 Å². The molecule has 0 amide bonds. The van der Waals surface area contributed by atoms with Gasteiger partial charge in [-0.25, -0.2) is 0 Å². The zero-order valence-corrected chi connectivity index (χ0v) is 15.8. The summed E-state index contributed by atoms with van der Waals surface area (Å²) >= 11 is 1.74. The van der Waals surface area contributed by atoms with Gasteiger partial charge in [0.05, 0.1) is 0 Å². The summed E-state index contributed by atoms with van der Waals surface area (Å²) in [7, 11) is 0. The van der Waals surface area contributed by atoms with Crippen LogP contribution in [0.4, 0.5) is 0 Å². The lowest BCUT2D eigenvalue weighted by Gasteiger charge is -2.42. The van der Waals surface area contributed by atoms with Gasteiger partial charge in [0.25, 0.3) is 0 Å². The van der Waals surface area contributed by atoms with Crippen LogP contribution >= 0.6 is 11.3 Å². The number of unbranched alkanes of at least 4 members (excludes halogenated alkanes) is 2. The van der Waals surface area contributed by atoms with Crippen molar-refractivity contribution in [3.63, 3.8) is 0 Å². The van der Waals surface area contributed by atoms with Gasteiger partial charge in [-0.1, -0.05) is 55.7 Å². The van der Waals surface area contributed by atoms with E-state index < -0.39 is 0 Å². The molecule has 1 aliphatic heterocycles. The van der Waals surface area contributed by atoms with E-state index in [1.165, 1.54) is 48.8 Å². The Hall–Kier alpha value is -1.45. The SMILES string of the molecule is O=CC(CCCCCc1ccccc1)(c1cccs1)N1CCCCC1. The molecule has 1 atom stereocenters. The number of rotatable bonds is 9. The van der Waals surface area contributed by atoms with Crippen molar-refractivity contribution in [2.75, 3.05) is 13.1 Å². The summed E-state index contributed by atoms with van der Waals surface area (Å²) in [6, 6.07) is 14.9. The maximum Gasteiger partial charge on any atom is 0.145 e. The second-order valence-electron chi connectivity index (χ2n) is 7.11. The normalized spacial score (nSPS) is 17.9. The Morgan fingerprint density at radius 3 is 2.44 bits per heavy atom. The minimum Gasteiger partial charge on any atom is -0.301 e. The first kappa shape index (κ1) is 18.3. The van der Waals surface area contributed by atoms with Crippen molar-refractivity contribution in [3.05, 3.63) is 58.3 Å². The fraction of sp³-hybridized carbons (Fsp3) is 0.500. The number of piperidine rings is 1. The number of hydrogen-bond acceptors (Lipinski definition) is 3. The molecule has 1 aromatic heterocycles. The Labute approximate surface area is 155 Å². The van der Waals surface area contributed by atoms with Crippen molar-refractivity contribution in [3.8, 4) is 0 Å². The molecule has 2 nitrogen and oxygen atoms in total. The quantitative estimate of drug-likeness (QED) is 0.441. The fourth-order valence-electron chi connectivity index (χ4n) is 3.99. The Morgan fingerprint density at radius 2 is 1.76 bits per heavy atom. The lowest BCUT2D eigenvalue weighted by Crippen LogP contribution is -2.49. The number of benzene rings is 1. The molecule has 25 heavy (non-hydrogen) atoms. The summed E-state index contributed by atoms with van der Waals surface area (Å²) in [6.45, 7) is 2.11. The van der Waals surface area contributed by atoms with Crippen molar-refractivity contribution in [1.29, 1.82) is 0 Å². The molecule has 3 heteroatoms. The van der Waals surface area contributed by atoms with Crippen molar-refractivity contribution < 1.29 is 4.79 Å². The molecule has 0 radical (unpaired) electrons. The van der Waals surface area contributed by atoms with E-state index in [2.05, 4.69) is 52.7 Å². The molecule has 0 aliphatic carbocycles. The molecule has 134 valence electrons. The lowest BCUT2D eigenvalue weighted by molar-refractivity contribution is -0.120. The first-order chi connectivity index (χ1) is 12.3. The first-order valence-corrected chi connectivity index (χ1v) is 10.5. The van der Waals surface area contributed by atoms with Gasteiger partial charge >= 0.3 is 0 Å². The number of thiophene rings is 1. The summed E-state index contributed by atoms with van der Waals surface area (Å²) < 4.78 is 0. The molecule has 1 aliphatic rings. The van der Waals surface area contributed by atoms with Crippen molar-refractivity contribution >= 4 is 17.6 Å². The second kappa shape index (κ2) is 9.30. The topological polar surface area (TPSA) is 20.3 Å². The maximum absolute atomic E-state index is 12.3. The monoisotopic (exact) mass is 355 g/mol. The van der Waals surface area contributed by atoms with E-state index in [4.69, 9.17) is 0 Å². The van der Waals surface area contributed by atoms with Gasteiger partial charge in [0.1, 0.15) is 11.8 Å². The molecule has 0 bridgehead atoms. The standard InChI is InChI=1S/C22H29NOS/c24-19-22(21-14-10-18-25-21,23-16-8-3-9-17-23)15-7-2-6-13-20-11-4-1-5-12-20/h1,4-5,10-12,14,18-19H,2-3,6-9,13,15-17H2. The van der Waals surface area contributed by atoms with Gasteiger partial charge < -0.3 is 4.79 Å². The van der Waals surface area contributed by atoms with E-state index in [0.717, 1.165) is 32.4 Å². The molecular formula is C22H29NOS. The van der Waals surface area contributed by atoms with Gasteiger partial charge in [0.15, 0.2) is 0 Å². The highest BCUT2D eigenvalue weighted by molar-refractivity contribution is 7.10. The minimum atomic E-state index is -0.388. The largest absolute Gasteiger partial charge is 0.301 e. The predicted molar refractivity (Wildman–Crippen MR) is 106 cm³/mol. The zero-order valence-electron chi connectivity index (χ0n) is 15.0. The van der Waals surface area contributed by atoms with E-state index in [1.54, 1.807) is 11.3 Å². The Morgan fingerprint density at radius 1 is 0.960 bits per heavy atom. The zero-order chi connectivity index (χ0) is 17.4. The van der Waals surface area contributed by atoms with Gasteiger partial charge in [-0.3, -0.25) is 4.90 Å². The highest BCUT2D eigenvalue weighted by Gasteiger charge is 2.39. The molecule has 0 saturated carbocycles. The highest BCUT2D eigenvalue weighted by Crippen LogP contribution is 2.37. The third-order valence-electron chi connectivity index (χ3n) is 5.43. The fourth-order valence-corrected chi connectivity index (χ4v) is 4.94. The highest BCUT2D eigenvalue weighted by atomic mass is 32.1. The second-order valence-corrected chi connectivity index (χ2v) is 8.06. The van der Waals surface area contributed by atoms with Crippen LogP contribution in [0.1, 0.15) is 55.4 Å². The summed E-state index contributed by atoms with van der Waals surface area (Å²) in [5.41, 5.74) is 1.03. The summed E-state index contributed by atoms with van der Waals surface area (Å²) in [5.74, 6) is 0. The average molecular weight is 356 g/mol.